The zero-order chi connectivity index (χ0) is 15.8. The van der Waals surface area contributed by atoms with E-state index in [-0.39, 0.29) is 15.6 Å². The number of carbonyl (C=O) groups is 1. The van der Waals surface area contributed by atoms with Crippen LogP contribution in [0.5, 0.6) is 0 Å². The van der Waals surface area contributed by atoms with E-state index in [2.05, 4.69) is 9.71 Å². The number of hydrogen-bond acceptors (Lipinski definition) is 5. The minimum Gasteiger partial charge on any atom is -0.478 e. The van der Waals surface area contributed by atoms with Gasteiger partial charge in [0.2, 0.25) is 0 Å². The molecule has 0 saturated carbocycles. The van der Waals surface area contributed by atoms with Gasteiger partial charge in [0, 0.05) is 5.38 Å². The van der Waals surface area contributed by atoms with Crippen LogP contribution in [0, 0.1) is 20.8 Å². The fourth-order valence-corrected chi connectivity index (χ4v) is 4.12. The highest BCUT2D eigenvalue weighted by Crippen LogP contribution is 2.24. The Hall–Kier alpha value is -1.93. The molecule has 0 amide bonds. The molecule has 1 aromatic heterocycles. The fourth-order valence-electron chi connectivity index (χ4n) is 1.92. The van der Waals surface area contributed by atoms with Crippen LogP contribution in [0.4, 0.5) is 5.13 Å². The van der Waals surface area contributed by atoms with Crippen molar-refractivity contribution >= 4 is 32.5 Å². The van der Waals surface area contributed by atoms with Crippen molar-refractivity contribution in [1.29, 1.82) is 0 Å². The Morgan fingerprint density at radius 3 is 2.43 bits per heavy atom. The van der Waals surface area contributed by atoms with Crippen LogP contribution in [0.1, 0.15) is 27.2 Å². The average molecular weight is 326 g/mol. The molecule has 2 rings (SSSR count). The maximum atomic E-state index is 12.4. The van der Waals surface area contributed by atoms with Crippen molar-refractivity contribution in [3.05, 3.63) is 39.9 Å². The molecule has 0 aliphatic carbocycles. The Bertz CT molecular complexity index is 810. The minimum atomic E-state index is -3.87. The van der Waals surface area contributed by atoms with Gasteiger partial charge >= 0.3 is 5.97 Å². The molecule has 0 aliphatic heterocycles. The molecule has 0 radical (unpaired) electrons. The first-order valence-electron chi connectivity index (χ1n) is 6.00. The quantitative estimate of drug-likeness (QED) is 0.900. The second-order valence-corrected chi connectivity index (χ2v) is 7.15. The van der Waals surface area contributed by atoms with Crippen LogP contribution in [0.25, 0.3) is 0 Å². The lowest BCUT2D eigenvalue weighted by Gasteiger charge is -2.11. The molecule has 2 N–H and O–H groups in total. The molecule has 0 spiro atoms. The molecule has 0 fully saturated rings. The van der Waals surface area contributed by atoms with Gasteiger partial charge in [-0.3, -0.25) is 4.72 Å². The van der Waals surface area contributed by atoms with E-state index in [1.54, 1.807) is 32.2 Å². The van der Waals surface area contributed by atoms with Crippen molar-refractivity contribution < 1.29 is 18.3 Å². The molecule has 112 valence electrons. The molecule has 21 heavy (non-hydrogen) atoms. The normalized spacial score (nSPS) is 11.4. The van der Waals surface area contributed by atoms with Crippen LogP contribution < -0.4 is 4.72 Å². The van der Waals surface area contributed by atoms with Crippen LogP contribution >= 0.6 is 11.3 Å². The number of aryl methyl sites for hydroxylation is 3. The lowest BCUT2D eigenvalue weighted by molar-refractivity contribution is 0.0696. The second kappa shape index (κ2) is 5.45. The third-order valence-corrected chi connectivity index (χ3v) is 5.37. The van der Waals surface area contributed by atoms with Gasteiger partial charge < -0.3 is 5.11 Å². The first-order valence-corrected chi connectivity index (χ1v) is 8.36. The van der Waals surface area contributed by atoms with Crippen molar-refractivity contribution in [1.82, 2.24) is 4.98 Å². The van der Waals surface area contributed by atoms with Crippen LogP contribution in [0.2, 0.25) is 0 Å². The number of sulfonamides is 1. The van der Waals surface area contributed by atoms with Gasteiger partial charge in [-0.2, -0.15) is 0 Å². The summed E-state index contributed by atoms with van der Waals surface area (Å²) in [5.74, 6) is -1.16. The third kappa shape index (κ3) is 3.22. The molecule has 6 nitrogen and oxygen atoms in total. The predicted molar refractivity (Wildman–Crippen MR) is 80.5 cm³/mol. The molecule has 0 bridgehead atoms. The Kier molecular flexibility index (Phi) is 4.02. The first-order chi connectivity index (χ1) is 9.70. The summed E-state index contributed by atoms with van der Waals surface area (Å²) in [5.41, 5.74) is 1.68. The Morgan fingerprint density at radius 1 is 1.24 bits per heavy atom. The number of aromatic nitrogens is 1. The van der Waals surface area contributed by atoms with Crippen molar-refractivity contribution in [3.8, 4) is 0 Å². The highest BCUT2D eigenvalue weighted by atomic mass is 32.2. The maximum Gasteiger partial charge on any atom is 0.335 e. The standard InChI is InChI=1S/C13H14N2O4S2/c1-7-4-8(2)11(5-10(7)12(16)17)21(18,19)15-13-14-9(3)6-20-13/h4-6H,1-3H3,(H,14,15)(H,16,17). The zero-order valence-electron chi connectivity index (χ0n) is 11.7. The number of nitrogens with one attached hydrogen (secondary N) is 1. The first kappa shape index (κ1) is 15.5. The molecule has 0 atom stereocenters. The van der Waals surface area contributed by atoms with Gasteiger partial charge in [0.05, 0.1) is 16.2 Å². The molecule has 0 aliphatic rings. The fraction of sp³-hybridized carbons (Fsp3) is 0.231. The summed E-state index contributed by atoms with van der Waals surface area (Å²) >= 11 is 1.17. The number of nitrogens with zero attached hydrogens (tertiary/aromatic N) is 1. The summed E-state index contributed by atoms with van der Waals surface area (Å²) < 4.78 is 27.1. The van der Waals surface area contributed by atoms with E-state index >= 15 is 0 Å². The van der Waals surface area contributed by atoms with E-state index in [0.29, 0.717) is 16.8 Å². The van der Waals surface area contributed by atoms with Crippen LogP contribution in [0.3, 0.4) is 0 Å². The van der Waals surface area contributed by atoms with Gasteiger partial charge in [-0.1, -0.05) is 6.07 Å². The Balaban J connectivity index is 2.49. The second-order valence-electron chi connectivity index (χ2n) is 4.64. The number of anilines is 1. The lowest BCUT2D eigenvalue weighted by Crippen LogP contribution is -2.15. The molecule has 2 aromatic rings. The predicted octanol–water partition coefficient (Wildman–Crippen LogP) is 2.57. The summed E-state index contributed by atoms with van der Waals surface area (Å²) in [7, 11) is -3.87. The van der Waals surface area contributed by atoms with Gasteiger partial charge in [0.25, 0.3) is 10.0 Å². The average Bonchev–Trinajstić information content (AvgIpc) is 2.72. The molecule has 8 heteroatoms. The SMILES string of the molecule is Cc1csc(NS(=O)(=O)c2cc(C(=O)O)c(C)cc2C)n1. The van der Waals surface area contributed by atoms with E-state index in [1.165, 1.54) is 17.4 Å². The molecular weight excluding hydrogens is 312 g/mol. The Labute approximate surface area is 126 Å². The van der Waals surface area contributed by atoms with Gasteiger partial charge in [-0.15, -0.1) is 11.3 Å². The smallest absolute Gasteiger partial charge is 0.335 e. The number of thiazole rings is 1. The number of carboxylic acids is 1. The van der Waals surface area contributed by atoms with Crippen LogP contribution in [-0.2, 0) is 10.0 Å². The monoisotopic (exact) mass is 326 g/mol. The topological polar surface area (TPSA) is 96.4 Å². The molecule has 1 aromatic carbocycles. The van der Waals surface area contributed by atoms with Gasteiger partial charge in [-0.25, -0.2) is 18.2 Å². The number of benzene rings is 1. The van der Waals surface area contributed by atoms with E-state index < -0.39 is 16.0 Å². The minimum absolute atomic E-state index is 0.0312. The van der Waals surface area contributed by atoms with E-state index in [0.717, 1.165) is 0 Å². The lowest BCUT2D eigenvalue weighted by atomic mass is 10.1. The number of rotatable bonds is 4. The Morgan fingerprint density at radius 2 is 1.90 bits per heavy atom. The summed E-state index contributed by atoms with van der Waals surface area (Å²) in [5, 5.41) is 11.1. The summed E-state index contributed by atoms with van der Waals surface area (Å²) in [6, 6.07) is 2.72. The van der Waals surface area contributed by atoms with Crippen LogP contribution in [0.15, 0.2) is 22.4 Å². The van der Waals surface area contributed by atoms with Crippen LogP contribution in [-0.4, -0.2) is 24.5 Å². The summed E-state index contributed by atoms with van der Waals surface area (Å²) in [6.45, 7) is 5.01. The number of carboxylic acid groups (broad SMARTS) is 1. The highest BCUT2D eigenvalue weighted by Gasteiger charge is 2.21. The molecule has 0 unspecified atom stereocenters. The van der Waals surface area contributed by atoms with Crippen molar-refractivity contribution in [3.63, 3.8) is 0 Å². The zero-order valence-corrected chi connectivity index (χ0v) is 13.3. The largest absolute Gasteiger partial charge is 0.478 e. The van der Waals surface area contributed by atoms with Gasteiger partial charge in [0.1, 0.15) is 0 Å². The van der Waals surface area contributed by atoms with Gasteiger partial charge in [-0.05, 0) is 38.0 Å². The molecular formula is C13H14N2O4S2. The number of aromatic carboxylic acids is 1. The van der Waals surface area contributed by atoms with E-state index in [4.69, 9.17) is 5.11 Å². The van der Waals surface area contributed by atoms with Crippen molar-refractivity contribution in [2.24, 2.45) is 0 Å². The van der Waals surface area contributed by atoms with Crippen molar-refractivity contribution in [2.75, 3.05) is 4.72 Å². The van der Waals surface area contributed by atoms with Crippen molar-refractivity contribution in [2.45, 2.75) is 25.7 Å². The molecule has 0 saturated heterocycles. The highest BCUT2D eigenvalue weighted by molar-refractivity contribution is 7.93. The maximum absolute atomic E-state index is 12.4. The molecule has 1 heterocycles. The van der Waals surface area contributed by atoms with E-state index in [9.17, 15) is 13.2 Å². The third-order valence-electron chi connectivity index (χ3n) is 2.88. The summed E-state index contributed by atoms with van der Waals surface area (Å²) in [6.07, 6.45) is 0. The number of hydrogen-bond donors (Lipinski definition) is 2. The summed E-state index contributed by atoms with van der Waals surface area (Å²) in [4.78, 5) is 15.1. The van der Waals surface area contributed by atoms with Gasteiger partial charge in [0.15, 0.2) is 5.13 Å². The van der Waals surface area contributed by atoms with E-state index in [1.807, 2.05) is 0 Å².